The third-order valence-corrected chi connectivity index (χ3v) is 2.27. The van der Waals surface area contributed by atoms with Crippen LogP contribution in [0.15, 0.2) is 0 Å². The lowest BCUT2D eigenvalue weighted by Gasteiger charge is -2.24. The minimum Gasteiger partial charge on any atom is -0.480 e. The molecule has 104 valence electrons. The van der Waals surface area contributed by atoms with Gasteiger partial charge in [-0.2, -0.15) is 0 Å². The number of carboxylic acid groups (broad SMARTS) is 1. The van der Waals surface area contributed by atoms with Gasteiger partial charge in [0.05, 0.1) is 13.1 Å². The van der Waals surface area contributed by atoms with E-state index in [1.165, 1.54) is 4.90 Å². The molecule has 0 radical (unpaired) electrons. The number of carbonyl (C=O) groups excluding carboxylic acids is 1. The van der Waals surface area contributed by atoms with E-state index in [0.717, 1.165) is 0 Å². The molecular weight excluding hydrogens is 245 g/mol. The Bertz CT molecular complexity index is 328. The summed E-state index contributed by atoms with van der Waals surface area (Å²) in [5.74, 6) is -1.17. The molecule has 18 heavy (non-hydrogen) atoms. The van der Waals surface area contributed by atoms with Crippen molar-refractivity contribution in [1.29, 1.82) is 0 Å². The van der Waals surface area contributed by atoms with Crippen molar-refractivity contribution in [2.45, 2.75) is 38.6 Å². The van der Waals surface area contributed by atoms with E-state index in [1.54, 1.807) is 20.8 Å². The molecule has 1 aliphatic rings. The van der Waals surface area contributed by atoms with Gasteiger partial charge >= 0.3 is 12.1 Å². The van der Waals surface area contributed by atoms with Crippen LogP contribution in [0.1, 0.15) is 20.8 Å². The van der Waals surface area contributed by atoms with Crippen molar-refractivity contribution in [3.63, 3.8) is 0 Å². The van der Waals surface area contributed by atoms with Crippen molar-refractivity contribution in [2.75, 3.05) is 19.7 Å². The summed E-state index contributed by atoms with van der Waals surface area (Å²) in [6.07, 6.45) is -2.92. The summed E-state index contributed by atoms with van der Waals surface area (Å²) in [4.78, 5) is 23.2. The largest absolute Gasteiger partial charge is 0.480 e. The molecule has 0 aromatic carbocycles. The van der Waals surface area contributed by atoms with Crippen LogP contribution in [0.4, 0.5) is 9.18 Å². The predicted octanol–water partition coefficient (Wildman–Crippen LogP) is 1.05. The fourth-order valence-electron chi connectivity index (χ4n) is 1.55. The van der Waals surface area contributed by atoms with Gasteiger partial charge in [0, 0.05) is 0 Å². The molecule has 2 atom stereocenters. The molecule has 0 saturated carbocycles. The molecule has 0 unspecified atom stereocenters. The number of nitrogens with zero attached hydrogens (tertiary/aromatic N) is 1. The zero-order valence-corrected chi connectivity index (χ0v) is 10.7. The molecule has 1 saturated heterocycles. The SMILES string of the molecule is CC(C)(C)OC(=O)N1C[C@@H](F)[C@H](OCC(=O)O)C1. The van der Waals surface area contributed by atoms with Gasteiger partial charge in [-0.3, -0.25) is 0 Å². The molecule has 0 aliphatic carbocycles. The van der Waals surface area contributed by atoms with Crippen molar-refractivity contribution < 1.29 is 28.6 Å². The lowest BCUT2D eigenvalue weighted by molar-refractivity contribution is -0.144. The molecule has 1 aliphatic heterocycles. The second-order valence-electron chi connectivity index (χ2n) is 5.14. The van der Waals surface area contributed by atoms with Crippen molar-refractivity contribution in [3.05, 3.63) is 0 Å². The number of aliphatic carboxylic acids is 1. The first kappa shape index (κ1) is 14.7. The highest BCUT2D eigenvalue weighted by Gasteiger charge is 2.38. The van der Waals surface area contributed by atoms with E-state index in [1.807, 2.05) is 0 Å². The van der Waals surface area contributed by atoms with Crippen LogP contribution in [0.3, 0.4) is 0 Å². The highest BCUT2D eigenvalue weighted by atomic mass is 19.1. The van der Waals surface area contributed by atoms with Gasteiger partial charge in [0.25, 0.3) is 0 Å². The third-order valence-electron chi connectivity index (χ3n) is 2.27. The molecule has 1 N–H and O–H groups in total. The van der Waals surface area contributed by atoms with Crippen LogP contribution in [0.5, 0.6) is 0 Å². The summed E-state index contributed by atoms with van der Waals surface area (Å²) >= 11 is 0. The maximum atomic E-state index is 13.5. The number of carbonyl (C=O) groups is 2. The number of likely N-dealkylation sites (tertiary alicyclic amines) is 1. The molecule has 7 heteroatoms. The summed E-state index contributed by atoms with van der Waals surface area (Å²) in [5.41, 5.74) is -0.650. The van der Waals surface area contributed by atoms with Crippen LogP contribution in [-0.4, -0.2) is 59.6 Å². The minimum absolute atomic E-state index is 0.00333. The lowest BCUT2D eigenvalue weighted by atomic mass is 10.2. The van der Waals surface area contributed by atoms with Crippen LogP contribution in [0.25, 0.3) is 0 Å². The van der Waals surface area contributed by atoms with E-state index in [4.69, 9.17) is 14.6 Å². The Labute approximate surface area is 105 Å². The fraction of sp³-hybridized carbons (Fsp3) is 0.818. The highest BCUT2D eigenvalue weighted by molar-refractivity contribution is 5.69. The monoisotopic (exact) mass is 263 g/mol. The van der Waals surface area contributed by atoms with Crippen LogP contribution in [-0.2, 0) is 14.3 Å². The van der Waals surface area contributed by atoms with Gasteiger partial charge in [-0.1, -0.05) is 0 Å². The molecule has 1 amide bonds. The molecule has 0 spiro atoms. The second-order valence-corrected chi connectivity index (χ2v) is 5.14. The van der Waals surface area contributed by atoms with Crippen LogP contribution in [0, 0.1) is 0 Å². The standard InChI is InChI=1S/C11H18FNO5/c1-11(2,3)18-10(16)13-4-7(12)8(5-13)17-6-9(14)15/h7-8H,4-6H2,1-3H3,(H,14,15)/t7-,8-/m1/s1. The maximum absolute atomic E-state index is 13.5. The van der Waals surface area contributed by atoms with Crippen molar-refractivity contribution in [1.82, 2.24) is 4.90 Å². The summed E-state index contributed by atoms with van der Waals surface area (Å²) < 4.78 is 23.5. The van der Waals surface area contributed by atoms with E-state index < -0.39 is 36.5 Å². The zero-order valence-electron chi connectivity index (χ0n) is 10.7. The smallest absolute Gasteiger partial charge is 0.410 e. The molecular formula is C11H18FNO5. The summed E-state index contributed by atoms with van der Waals surface area (Å²) in [5, 5.41) is 8.44. The molecule has 1 rings (SSSR count). The third kappa shape index (κ3) is 4.48. The first-order valence-electron chi connectivity index (χ1n) is 5.64. The summed E-state index contributed by atoms with van der Waals surface area (Å²) in [7, 11) is 0. The Balaban J connectivity index is 2.47. The number of ether oxygens (including phenoxy) is 2. The molecule has 6 nitrogen and oxygen atoms in total. The Morgan fingerprint density at radius 3 is 2.50 bits per heavy atom. The minimum atomic E-state index is -1.39. The van der Waals surface area contributed by atoms with Gasteiger partial charge in [-0.15, -0.1) is 0 Å². The van der Waals surface area contributed by atoms with Gasteiger partial charge in [-0.05, 0) is 20.8 Å². The van der Waals surface area contributed by atoms with Crippen LogP contribution >= 0.6 is 0 Å². The number of alkyl halides is 1. The van der Waals surface area contributed by atoms with Crippen LogP contribution in [0.2, 0.25) is 0 Å². The van der Waals surface area contributed by atoms with Crippen molar-refractivity contribution in [3.8, 4) is 0 Å². The lowest BCUT2D eigenvalue weighted by Crippen LogP contribution is -2.36. The molecule has 0 aromatic heterocycles. The topological polar surface area (TPSA) is 76.1 Å². The first-order chi connectivity index (χ1) is 8.19. The quantitative estimate of drug-likeness (QED) is 0.823. The predicted molar refractivity (Wildman–Crippen MR) is 60.1 cm³/mol. The van der Waals surface area contributed by atoms with E-state index in [0.29, 0.717) is 0 Å². The Morgan fingerprint density at radius 2 is 2.00 bits per heavy atom. The van der Waals surface area contributed by atoms with E-state index >= 15 is 0 Å². The Hall–Kier alpha value is -1.37. The van der Waals surface area contributed by atoms with E-state index in [-0.39, 0.29) is 13.1 Å². The molecule has 1 fully saturated rings. The van der Waals surface area contributed by atoms with Gasteiger partial charge in [0.1, 0.15) is 24.5 Å². The normalized spacial score (nSPS) is 24.1. The Morgan fingerprint density at radius 1 is 1.39 bits per heavy atom. The molecule has 1 heterocycles. The second kappa shape index (κ2) is 5.51. The van der Waals surface area contributed by atoms with E-state index in [2.05, 4.69) is 0 Å². The molecule has 0 aromatic rings. The first-order valence-corrected chi connectivity index (χ1v) is 5.64. The number of halogens is 1. The number of carboxylic acids is 1. The van der Waals surface area contributed by atoms with Gasteiger partial charge in [0.2, 0.25) is 0 Å². The van der Waals surface area contributed by atoms with Crippen LogP contribution < -0.4 is 0 Å². The average molecular weight is 263 g/mol. The average Bonchev–Trinajstić information content (AvgIpc) is 2.54. The zero-order chi connectivity index (χ0) is 13.9. The highest BCUT2D eigenvalue weighted by Crippen LogP contribution is 2.19. The fourth-order valence-corrected chi connectivity index (χ4v) is 1.55. The summed E-state index contributed by atoms with van der Waals surface area (Å²) in [6, 6.07) is 0. The van der Waals surface area contributed by atoms with Crippen molar-refractivity contribution in [2.24, 2.45) is 0 Å². The maximum Gasteiger partial charge on any atom is 0.410 e. The number of hydrogen-bond acceptors (Lipinski definition) is 4. The number of amides is 1. The summed E-state index contributed by atoms with van der Waals surface area (Å²) in [6.45, 7) is 4.43. The van der Waals surface area contributed by atoms with Gasteiger partial charge in [0.15, 0.2) is 0 Å². The van der Waals surface area contributed by atoms with Gasteiger partial charge in [-0.25, -0.2) is 14.0 Å². The van der Waals surface area contributed by atoms with E-state index in [9.17, 15) is 14.0 Å². The Kier molecular flexibility index (Phi) is 4.50. The van der Waals surface area contributed by atoms with Crippen molar-refractivity contribution >= 4 is 12.1 Å². The van der Waals surface area contributed by atoms with Gasteiger partial charge < -0.3 is 19.5 Å². The number of rotatable bonds is 3. The molecule has 0 bridgehead atoms. The number of hydrogen-bond donors (Lipinski definition) is 1.